The Hall–Kier alpha value is -0.570. The van der Waals surface area contributed by atoms with Crippen LogP contribution in [0.2, 0.25) is 0 Å². The molecule has 2 fully saturated rings. The van der Waals surface area contributed by atoms with Gasteiger partial charge < -0.3 is 10.2 Å². The van der Waals surface area contributed by atoms with Crippen LogP contribution in [0.15, 0.2) is 0 Å². The van der Waals surface area contributed by atoms with E-state index in [4.69, 9.17) is 0 Å². The Bertz CT molecular complexity index is 280. The Balaban J connectivity index is 1.74. The molecule has 1 atom stereocenters. The molecular formula is C14H26N2O. The number of piperidine rings is 1. The summed E-state index contributed by atoms with van der Waals surface area (Å²) in [5, 5.41) is 3.21. The first kappa shape index (κ1) is 12.9. The number of nitrogens with zero attached hydrogens (tertiary/aromatic N) is 1. The van der Waals surface area contributed by atoms with Gasteiger partial charge in [-0.2, -0.15) is 0 Å². The largest absolute Gasteiger partial charge is 0.342 e. The Labute approximate surface area is 105 Å². The maximum atomic E-state index is 12.2. The molecule has 1 heterocycles. The van der Waals surface area contributed by atoms with Crippen molar-refractivity contribution in [2.75, 3.05) is 26.7 Å². The summed E-state index contributed by atoms with van der Waals surface area (Å²) >= 11 is 0. The quantitative estimate of drug-likeness (QED) is 0.811. The molecule has 1 aliphatic heterocycles. The molecule has 0 aromatic carbocycles. The maximum absolute atomic E-state index is 12.2. The highest BCUT2D eigenvalue weighted by molar-refractivity contribution is 5.82. The fourth-order valence-electron chi connectivity index (χ4n) is 2.90. The monoisotopic (exact) mass is 238 g/mol. The van der Waals surface area contributed by atoms with Gasteiger partial charge in [-0.1, -0.05) is 13.8 Å². The summed E-state index contributed by atoms with van der Waals surface area (Å²) in [5.41, 5.74) is 0.278. The van der Waals surface area contributed by atoms with Crippen molar-refractivity contribution in [3.63, 3.8) is 0 Å². The lowest BCUT2D eigenvalue weighted by molar-refractivity contribution is -0.134. The molecule has 2 aliphatic rings. The molecule has 3 heteroatoms. The van der Waals surface area contributed by atoms with Gasteiger partial charge in [0.25, 0.3) is 0 Å². The van der Waals surface area contributed by atoms with Gasteiger partial charge in [0.1, 0.15) is 0 Å². The number of hydrogen-bond acceptors (Lipinski definition) is 2. The fourth-order valence-corrected chi connectivity index (χ4v) is 2.90. The third-order valence-corrected chi connectivity index (χ3v) is 4.54. The van der Waals surface area contributed by atoms with E-state index in [1.165, 1.54) is 19.3 Å². The smallest absolute Gasteiger partial charge is 0.226 e. The van der Waals surface area contributed by atoms with E-state index in [1.807, 2.05) is 7.05 Å². The van der Waals surface area contributed by atoms with Crippen LogP contribution < -0.4 is 5.32 Å². The van der Waals surface area contributed by atoms with E-state index in [-0.39, 0.29) is 5.41 Å². The average molecular weight is 238 g/mol. The molecule has 0 spiro atoms. The molecule has 98 valence electrons. The van der Waals surface area contributed by atoms with Crippen molar-refractivity contribution in [1.29, 1.82) is 0 Å². The van der Waals surface area contributed by atoms with Gasteiger partial charge in [0.05, 0.1) is 0 Å². The molecule has 1 saturated heterocycles. The lowest BCUT2D eigenvalue weighted by atomic mass is 9.93. The van der Waals surface area contributed by atoms with Gasteiger partial charge in [0.2, 0.25) is 5.91 Å². The minimum atomic E-state index is 0.278. The Kier molecular flexibility index (Phi) is 3.76. The summed E-state index contributed by atoms with van der Waals surface area (Å²) in [6, 6.07) is 0. The molecular weight excluding hydrogens is 212 g/mol. The molecule has 2 rings (SSSR count). The Morgan fingerprint density at radius 1 is 1.35 bits per heavy atom. The van der Waals surface area contributed by atoms with Gasteiger partial charge in [-0.15, -0.1) is 0 Å². The van der Waals surface area contributed by atoms with E-state index in [9.17, 15) is 4.79 Å². The van der Waals surface area contributed by atoms with Crippen LogP contribution in [0.5, 0.6) is 0 Å². The third kappa shape index (κ3) is 3.01. The second-order valence-corrected chi connectivity index (χ2v) is 6.41. The SMILES string of the molecule is CNCCC1CCN(C(=O)C2CC2(C)C)CC1. The predicted octanol–water partition coefficient (Wildman–Crippen LogP) is 1.88. The topological polar surface area (TPSA) is 32.3 Å². The summed E-state index contributed by atoms with van der Waals surface area (Å²) in [7, 11) is 2.01. The van der Waals surface area contributed by atoms with E-state index >= 15 is 0 Å². The van der Waals surface area contributed by atoms with Crippen molar-refractivity contribution in [3.8, 4) is 0 Å². The van der Waals surface area contributed by atoms with Crippen molar-refractivity contribution < 1.29 is 4.79 Å². The summed E-state index contributed by atoms with van der Waals surface area (Å²) in [6.07, 6.45) is 4.74. The predicted molar refractivity (Wildman–Crippen MR) is 69.7 cm³/mol. The number of likely N-dealkylation sites (tertiary alicyclic amines) is 1. The normalized spacial score (nSPS) is 28.2. The lowest BCUT2D eigenvalue weighted by Crippen LogP contribution is -2.40. The van der Waals surface area contributed by atoms with Gasteiger partial charge in [0, 0.05) is 19.0 Å². The van der Waals surface area contributed by atoms with Gasteiger partial charge >= 0.3 is 0 Å². The molecule has 17 heavy (non-hydrogen) atoms. The van der Waals surface area contributed by atoms with Crippen molar-refractivity contribution in [2.24, 2.45) is 17.3 Å². The first-order valence-corrected chi connectivity index (χ1v) is 6.98. The fraction of sp³-hybridized carbons (Fsp3) is 0.929. The van der Waals surface area contributed by atoms with Crippen LogP contribution in [0.1, 0.15) is 39.5 Å². The van der Waals surface area contributed by atoms with Crippen molar-refractivity contribution >= 4 is 5.91 Å². The highest BCUT2D eigenvalue weighted by Gasteiger charge is 2.52. The van der Waals surface area contributed by atoms with Crippen molar-refractivity contribution in [2.45, 2.75) is 39.5 Å². The van der Waals surface area contributed by atoms with Gasteiger partial charge in [-0.05, 0) is 50.6 Å². The number of hydrogen-bond donors (Lipinski definition) is 1. The highest BCUT2D eigenvalue weighted by atomic mass is 16.2. The molecule has 1 amide bonds. The highest BCUT2D eigenvalue weighted by Crippen LogP contribution is 2.52. The molecule has 1 aliphatic carbocycles. The Morgan fingerprint density at radius 2 is 1.94 bits per heavy atom. The molecule has 1 saturated carbocycles. The van der Waals surface area contributed by atoms with E-state index in [0.717, 1.165) is 32.0 Å². The zero-order valence-corrected chi connectivity index (χ0v) is 11.5. The van der Waals surface area contributed by atoms with Crippen LogP contribution in [0.25, 0.3) is 0 Å². The minimum absolute atomic E-state index is 0.278. The number of nitrogens with one attached hydrogen (secondary N) is 1. The summed E-state index contributed by atoms with van der Waals surface area (Å²) in [4.78, 5) is 14.3. The maximum Gasteiger partial charge on any atom is 0.226 e. The zero-order chi connectivity index (χ0) is 12.5. The van der Waals surface area contributed by atoms with Crippen molar-refractivity contribution in [3.05, 3.63) is 0 Å². The Morgan fingerprint density at radius 3 is 2.41 bits per heavy atom. The van der Waals surface area contributed by atoms with E-state index in [2.05, 4.69) is 24.1 Å². The van der Waals surface area contributed by atoms with Crippen molar-refractivity contribution in [1.82, 2.24) is 10.2 Å². The average Bonchev–Trinajstić information content (AvgIpc) is 2.95. The van der Waals surface area contributed by atoms with Gasteiger partial charge in [-0.3, -0.25) is 4.79 Å². The molecule has 0 aromatic heterocycles. The third-order valence-electron chi connectivity index (χ3n) is 4.54. The standard InChI is InChI=1S/C14H26N2O/c1-14(2)10-12(14)13(17)16-8-5-11(6-9-16)4-7-15-3/h11-12,15H,4-10H2,1-3H3. The molecule has 1 unspecified atom stereocenters. The zero-order valence-electron chi connectivity index (χ0n) is 11.5. The van der Waals surface area contributed by atoms with Crippen LogP contribution in [0, 0.1) is 17.3 Å². The second-order valence-electron chi connectivity index (χ2n) is 6.41. The summed E-state index contributed by atoms with van der Waals surface area (Å²) in [5.74, 6) is 1.55. The molecule has 1 N–H and O–H groups in total. The van der Waals surface area contributed by atoms with Crippen LogP contribution in [-0.2, 0) is 4.79 Å². The van der Waals surface area contributed by atoms with E-state index < -0.39 is 0 Å². The minimum Gasteiger partial charge on any atom is -0.342 e. The van der Waals surface area contributed by atoms with E-state index in [1.54, 1.807) is 0 Å². The summed E-state index contributed by atoms with van der Waals surface area (Å²) in [6.45, 7) is 7.48. The van der Waals surface area contributed by atoms with Crippen LogP contribution in [0.3, 0.4) is 0 Å². The molecule has 0 bridgehead atoms. The van der Waals surface area contributed by atoms with Crippen LogP contribution in [-0.4, -0.2) is 37.5 Å². The lowest BCUT2D eigenvalue weighted by Gasteiger charge is -2.32. The first-order chi connectivity index (χ1) is 8.04. The van der Waals surface area contributed by atoms with Crippen LogP contribution >= 0.6 is 0 Å². The summed E-state index contributed by atoms with van der Waals surface area (Å²) < 4.78 is 0. The number of carbonyl (C=O) groups is 1. The van der Waals surface area contributed by atoms with Gasteiger partial charge in [0.15, 0.2) is 0 Å². The van der Waals surface area contributed by atoms with Crippen LogP contribution in [0.4, 0.5) is 0 Å². The number of carbonyl (C=O) groups excluding carboxylic acids is 1. The number of rotatable bonds is 4. The van der Waals surface area contributed by atoms with Gasteiger partial charge in [-0.25, -0.2) is 0 Å². The number of amides is 1. The van der Waals surface area contributed by atoms with E-state index in [0.29, 0.717) is 11.8 Å². The second kappa shape index (κ2) is 4.97. The first-order valence-electron chi connectivity index (χ1n) is 6.98. The molecule has 0 aromatic rings. The molecule has 0 radical (unpaired) electrons. The molecule has 3 nitrogen and oxygen atoms in total.